The van der Waals surface area contributed by atoms with Crippen molar-refractivity contribution in [3.8, 4) is 0 Å². The maximum Gasteiger partial charge on any atom is 0.315 e. The Kier molecular flexibility index (Phi) is 7.70. The smallest absolute Gasteiger partial charge is 0.315 e. The normalized spacial score (nSPS) is 12.2. The van der Waals surface area contributed by atoms with E-state index >= 15 is 0 Å². The first-order chi connectivity index (χ1) is 9.58. The largest absolute Gasteiger partial charge is 0.465 e. The predicted octanol–water partition coefficient (Wildman–Crippen LogP) is 3.25. The summed E-state index contributed by atoms with van der Waals surface area (Å²) in [6, 6.07) is 6.83. The number of benzene rings is 1. The highest BCUT2D eigenvalue weighted by Gasteiger charge is 2.12. The average Bonchev–Trinajstić information content (AvgIpc) is 2.41. The Balaban J connectivity index is 2.59. The van der Waals surface area contributed by atoms with Crippen LogP contribution in [0.1, 0.15) is 36.6 Å². The summed E-state index contributed by atoms with van der Waals surface area (Å²) in [7, 11) is 0. The Hall–Kier alpha value is -1.00. The summed E-state index contributed by atoms with van der Waals surface area (Å²) in [5, 5.41) is 3.48. The minimum atomic E-state index is -0.132. The molecule has 0 aliphatic carbocycles. The molecule has 1 N–H and O–H groups in total. The zero-order valence-electron chi connectivity index (χ0n) is 12.9. The molecule has 1 aromatic rings. The standard InChI is InChI=1S/C16H25NO2S/c1-5-17-15(10-20-11-16(18)19-6-2)14-8-7-12(3)13(4)9-14/h7-9,15,17H,5-6,10-11H2,1-4H3. The topological polar surface area (TPSA) is 38.3 Å². The summed E-state index contributed by atoms with van der Waals surface area (Å²) in [5.74, 6) is 1.16. The van der Waals surface area contributed by atoms with Gasteiger partial charge < -0.3 is 10.1 Å². The Labute approximate surface area is 126 Å². The molecule has 0 heterocycles. The van der Waals surface area contributed by atoms with Gasteiger partial charge in [-0.15, -0.1) is 11.8 Å². The van der Waals surface area contributed by atoms with Gasteiger partial charge in [0.2, 0.25) is 0 Å². The van der Waals surface area contributed by atoms with Gasteiger partial charge in [0.25, 0.3) is 0 Å². The third kappa shape index (κ3) is 5.55. The molecule has 0 aromatic heterocycles. The lowest BCUT2D eigenvalue weighted by Crippen LogP contribution is -2.23. The summed E-state index contributed by atoms with van der Waals surface area (Å²) in [6.45, 7) is 9.55. The van der Waals surface area contributed by atoms with Gasteiger partial charge in [-0.1, -0.05) is 25.1 Å². The van der Waals surface area contributed by atoms with Gasteiger partial charge in [0.15, 0.2) is 0 Å². The number of carbonyl (C=O) groups is 1. The highest BCUT2D eigenvalue weighted by atomic mass is 32.2. The number of aryl methyl sites for hydroxylation is 2. The van der Waals surface area contributed by atoms with Gasteiger partial charge in [0.05, 0.1) is 12.4 Å². The Bertz CT molecular complexity index is 434. The Morgan fingerprint density at radius 1 is 1.30 bits per heavy atom. The number of carbonyl (C=O) groups excluding carboxylic acids is 1. The predicted molar refractivity (Wildman–Crippen MR) is 86.3 cm³/mol. The number of hydrogen-bond acceptors (Lipinski definition) is 4. The Morgan fingerprint density at radius 3 is 2.65 bits per heavy atom. The van der Waals surface area contributed by atoms with E-state index in [0.29, 0.717) is 12.4 Å². The third-order valence-electron chi connectivity index (χ3n) is 3.19. The lowest BCUT2D eigenvalue weighted by Gasteiger charge is -2.19. The van der Waals surface area contributed by atoms with Crippen LogP contribution in [-0.4, -0.2) is 30.6 Å². The minimum absolute atomic E-state index is 0.132. The fraction of sp³-hybridized carbons (Fsp3) is 0.562. The van der Waals surface area contributed by atoms with Crippen molar-refractivity contribution in [3.63, 3.8) is 0 Å². The first kappa shape index (κ1) is 17.1. The van der Waals surface area contributed by atoms with Gasteiger partial charge in [-0.05, 0) is 44.0 Å². The van der Waals surface area contributed by atoms with Crippen LogP contribution in [0.25, 0.3) is 0 Å². The molecule has 112 valence electrons. The van der Waals surface area contributed by atoms with Crippen molar-refractivity contribution in [2.45, 2.75) is 33.7 Å². The maximum atomic E-state index is 11.4. The number of thioether (sulfide) groups is 1. The van der Waals surface area contributed by atoms with Crippen LogP contribution >= 0.6 is 11.8 Å². The number of ether oxygens (including phenoxy) is 1. The summed E-state index contributed by atoms with van der Waals surface area (Å²) in [6.07, 6.45) is 0. The Morgan fingerprint density at radius 2 is 2.05 bits per heavy atom. The molecule has 0 amide bonds. The van der Waals surface area contributed by atoms with Crippen molar-refractivity contribution < 1.29 is 9.53 Å². The molecule has 0 radical (unpaired) electrons. The maximum absolute atomic E-state index is 11.4. The molecule has 0 fully saturated rings. The van der Waals surface area contributed by atoms with Crippen LogP contribution in [0.5, 0.6) is 0 Å². The van der Waals surface area contributed by atoms with Crippen LogP contribution in [0, 0.1) is 13.8 Å². The van der Waals surface area contributed by atoms with E-state index in [-0.39, 0.29) is 12.0 Å². The molecular formula is C16H25NO2S. The summed E-state index contributed by atoms with van der Waals surface area (Å²) in [4.78, 5) is 11.4. The molecule has 0 saturated carbocycles. The minimum Gasteiger partial charge on any atom is -0.465 e. The molecule has 0 spiro atoms. The summed E-state index contributed by atoms with van der Waals surface area (Å²) < 4.78 is 4.94. The number of esters is 1. The van der Waals surface area contributed by atoms with E-state index in [1.54, 1.807) is 11.8 Å². The van der Waals surface area contributed by atoms with Crippen molar-refractivity contribution in [1.29, 1.82) is 0 Å². The zero-order chi connectivity index (χ0) is 15.0. The van der Waals surface area contributed by atoms with Gasteiger partial charge in [-0.25, -0.2) is 0 Å². The van der Waals surface area contributed by atoms with Crippen molar-refractivity contribution in [1.82, 2.24) is 5.32 Å². The number of hydrogen-bond donors (Lipinski definition) is 1. The quantitative estimate of drug-likeness (QED) is 0.747. The van der Waals surface area contributed by atoms with E-state index in [4.69, 9.17) is 4.74 Å². The summed E-state index contributed by atoms with van der Waals surface area (Å²) in [5.41, 5.74) is 3.90. The van der Waals surface area contributed by atoms with Crippen LogP contribution < -0.4 is 5.32 Å². The number of nitrogens with one attached hydrogen (secondary N) is 1. The molecule has 1 rings (SSSR count). The molecule has 1 aromatic carbocycles. The second kappa shape index (κ2) is 9.03. The molecule has 20 heavy (non-hydrogen) atoms. The van der Waals surface area contributed by atoms with Crippen LogP contribution in [0.4, 0.5) is 0 Å². The fourth-order valence-corrected chi connectivity index (χ4v) is 2.88. The molecule has 1 unspecified atom stereocenters. The van der Waals surface area contributed by atoms with Gasteiger partial charge in [-0.2, -0.15) is 0 Å². The van der Waals surface area contributed by atoms with Gasteiger partial charge in [0.1, 0.15) is 0 Å². The molecule has 0 bridgehead atoms. The highest BCUT2D eigenvalue weighted by Crippen LogP contribution is 2.21. The van der Waals surface area contributed by atoms with E-state index in [0.717, 1.165) is 12.3 Å². The van der Waals surface area contributed by atoms with Crippen molar-refractivity contribution in [2.24, 2.45) is 0 Å². The molecule has 0 aliphatic rings. The average molecular weight is 295 g/mol. The van der Waals surface area contributed by atoms with Crippen LogP contribution in [-0.2, 0) is 9.53 Å². The van der Waals surface area contributed by atoms with Crippen LogP contribution in [0.3, 0.4) is 0 Å². The van der Waals surface area contributed by atoms with E-state index in [1.165, 1.54) is 16.7 Å². The molecule has 4 heteroatoms. The van der Waals surface area contributed by atoms with Gasteiger partial charge >= 0.3 is 5.97 Å². The molecular weight excluding hydrogens is 270 g/mol. The van der Waals surface area contributed by atoms with E-state index in [2.05, 4.69) is 44.3 Å². The molecule has 3 nitrogen and oxygen atoms in total. The SMILES string of the molecule is CCNC(CSCC(=O)OCC)c1ccc(C)c(C)c1. The zero-order valence-corrected chi connectivity index (χ0v) is 13.7. The second-order valence-electron chi connectivity index (χ2n) is 4.77. The van der Waals surface area contributed by atoms with Crippen molar-refractivity contribution in [2.75, 3.05) is 24.7 Å². The molecule has 0 saturated heterocycles. The third-order valence-corrected chi connectivity index (χ3v) is 4.20. The highest BCUT2D eigenvalue weighted by molar-refractivity contribution is 7.99. The lowest BCUT2D eigenvalue weighted by molar-refractivity contribution is -0.139. The summed E-state index contributed by atoms with van der Waals surface area (Å²) >= 11 is 1.62. The molecule has 0 aliphatic heterocycles. The molecule has 1 atom stereocenters. The van der Waals surface area contributed by atoms with Crippen molar-refractivity contribution in [3.05, 3.63) is 34.9 Å². The van der Waals surface area contributed by atoms with E-state index in [1.807, 2.05) is 6.92 Å². The monoisotopic (exact) mass is 295 g/mol. The van der Waals surface area contributed by atoms with Gasteiger partial charge in [-0.3, -0.25) is 4.79 Å². The first-order valence-corrected chi connectivity index (χ1v) is 8.27. The first-order valence-electron chi connectivity index (χ1n) is 7.12. The van der Waals surface area contributed by atoms with E-state index in [9.17, 15) is 4.79 Å². The van der Waals surface area contributed by atoms with E-state index < -0.39 is 0 Å². The number of rotatable bonds is 8. The van der Waals surface area contributed by atoms with Crippen LogP contribution in [0.15, 0.2) is 18.2 Å². The van der Waals surface area contributed by atoms with Gasteiger partial charge in [0, 0.05) is 11.8 Å². The lowest BCUT2D eigenvalue weighted by atomic mass is 10.0. The van der Waals surface area contributed by atoms with Crippen molar-refractivity contribution >= 4 is 17.7 Å². The second-order valence-corrected chi connectivity index (χ2v) is 5.80. The van der Waals surface area contributed by atoms with Crippen LogP contribution in [0.2, 0.25) is 0 Å². The fourth-order valence-electron chi connectivity index (χ4n) is 1.96.